The number of carboxylic acid groups (broad SMARTS) is 4. The molecule has 180 valence electrons. The van der Waals surface area contributed by atoms with Crippen LogP contribution in [-0.2, 0) is 38.3 Å². The first-order valence-corrected chi connectivity index (χ1v) is 9.62. The molecule has 13 heteroatoms. The van der Waals surface area contributed by atoms with Crippen LogP contribution in [0, 0.1) is 11.8 Å². The van der Waals surface area contributed by atoms with Gasteiger partial charge in [-0.3, -0.25) is 33.6 Å². The first kappa shape index (κ1) is 30.9. The van der Waals surface area contributed by atoms with Crippen molar-refractivity contribution in [1.29, 1.82) is 0 Å². The average Bonchev–Trinajstić information content (AvgIpc) is 2.67. The topological polar surface area (TPSA) is 210 Å². The standard InChI is InChI=1S/C8H12O6.C8H10O5.C3H3ClO/c9-6(10)3-1-5(8(13)14)2-4-7(11)12;9-6(10)3-1-5-2-4-7(11)13-8(5)12;1-2-3(4)5/h5H,1-4H2,(H,9,10)(H,11,12)(H,13,14);5H,1-4H2,(H,9,10);2H,1H2. The maximum absolute atomic E-state index is 11.0. The summed E-state index contributed by atoms with van der Waals surface area (Å²) < 4.78 is 4.36. The zero-order valence-corrected chi connectivity index (χ0v) is 17.8. The molecule has 1 fully saturated rings. The fraction of sp³-hybridized carbons (Fsp3) is 0.526. The number of allylic oxidation sites excluding steroid dienone is 1. The van der Waals surface area contributed by atoms with Gasteiger partial charge in [0.1, 0.15) is 0 Å². The summed E-state index contributed by atoms with van der Waals surface area (Å²) in [4.78, 5) is 72.1. The molecule has 12 nitrogen and oxygen atoms in total. The number of halogens is 1. The molecule has 1 aliphatic heterocycles. The van der Waals surface area contributed by atoms with Gasteiger partial charge in [0, 0.05) is 25.7 Å². The van der Waals surface area contributed by atoms with Crippen molar-refractivity contribution < 1.29 is 58.7 Å². The summed E-state index contributed by atoms with van der Waals surface area (Å²) in [6, 6.07) is 0. The normalized spacial score (nSPS) is 14.6. The largest absolute Gasteiger partial charge is 0.481 e. The highest BCUT2D eigenvalue weighted by atomic mass is 35.5. The second-order valence-corrected chi connectivity index (χ2v) is 6.74. The SMILES string of the molecule is C=CC(=O)Cl.O=C(O)CCC(CCC(=O)O)C(=O)O.O=C(O)CCC1CCC(=O)OC1=O. The highest BCUT2D eigenvalue weighted by molar-refractivity contribution is 6.66. The Bertz CT molecular complexity index is 697. The van der Waals surface area contributed by atoms with Crippen molar-refractivity contribution >= 4 is 52.7 Å². The van der Waals surface area contributed by atoms with E-state index in [0.29, 0.717) is 6.42 Å². The molecule has 1 rings (SSSR count). The smallest absolute Gasteiger partial charge is 0.316 e. The Labute approximate surface area is 187 Å². The Morgan fingerprint density at radius 3 is 1.72 bits per heavy atom. The third-order valence-corrected chi connectivity index (χ3v) is 4.03. The molecule has 32 heavy (non-hydrogen) atoms. The van der Waals surface area contributed by atoms with E-state index in [2.05, 4.69) is 11.3 Å². The van der Waals surface area contributed by atoms with E-state index >= 15 is 0 Å². The van der Waals surface area contributed by atoms with E-state index in [1.54, 1.807) is 0 Å². The summed E-state index contributed by atoms with van der Waals surface area (Å²) in [5.74, 6) is -6.65. The number of hydrogen-bond acceptors (Lipinski definition) is 8. The number of cyclic esters (lactones) is 2. The number of carbonyl (C=O) groups is 7. The van der Waals surface area contributed by atoms with Gasteiger partial charge < -0.3 is 25.2 Å². The Kier molecular flexibility index (Phi) is 16.8. The lowest BCUT2D eigenvalue weighted by Crippen LogP contribution is -2.28. The number of rotatable bonds is 11. The van der Waals surface area contributed by atoms with Crippen LogP contribution in [0.3, 0.4) is 0 Å². The highest BCUT2D eigenvalue weighted by Gasteiger charge is 2.29. The Hall–Kier alpha value is -3.28. The first-order chi connectivity index (χ1) is 14.8. The van der Waals surface area contributed by atoms with Gasteiger partial charge in [-0.25, -0.2) is 0 Å². The lowest BCUT2D eigenvalue weighted by atomic mass is 9.96. The van der Waals surface area contributed by atoms with E-state index in [4.69, 9.17) is 32.0 Å². The van der Waals surface area contributed by atoms with Crippen LogP contribution in [-0.4, -0.2) is 61.5 Å². The molecule has 0 aromatic heterocycles. The van der Waals surface area contributed by atoms with E-state index in [1.807, 2.05) is 0 Å². The summed E-state index contributed by atoms with van der Waals surface area (Å²) in [5.41, 5.74) is 0. The average molecular weight is 481 g/mol. The third kappa shape index (κ3) is 18.7. The molecule has 0 spiro atoms. The van der Waals surface area contributed by atoms with Gasteiger partial charge in [0.25, 0.3) is 0 Å². The number of esters is 2. The predicted octanol–water partition coefficient (Wildman–Crippen LogP) is 1.69. The Morgan fingerprint density at radius 1 is 0.969 bits per heavy atom. The molecule has 1 aliphatic rings. The van der Waals surface area contributed by atoms with Gasteiger partial charge in [0.05, 0.1) is 11.8 Å². The van der Waals surface area contributed by atoms with E-state index in [1.165, 1.54) is 0 Å². The summed E-state index contributed by atoms with van der Waals surface area (Å²) in [6.07, 6.45) is 1.28. The Balaban J connectivity index is 0. The summed E-state index contributed by atoms with van der Waals surface area (Å²) in [6.45, 7) is 3.08. The molecular weight excluding hydrogens is 456 g/mol. The van der Waals surface area contributed by atoms with E-state index in [-0.39, 0.29) is 44.9 Å². The molecule has 1 saturated heterocycles. The number of ether oxygens (including phenoxy) is 1. The molecule has 1 unspecified atom stereocenters. The van der Waals surface area contributed by atoms with Crippen molar-refractivity contribution in [3.63, 3.8) is 0 Å². The lowest BCUT2D eigenvalue weighted by molar-refractivity contribution is -0.167. The van der Waals surface area contributed by atoms with Crippen molar-refractivity contribution in [2.75, 3.05) is 0 Å². The van der Waals surface area contributed by atoms with E-state index < -0.39 is 52.9 Å². The van der Waals surface area contributed by atoms with Gasteiger partial charge in [-0.15, -0.1) is 0 Å². The van der Waals surface area contributed by atoms with Gasteiger partial charge in [-0.2, -0.15) is 0 Å². The molecule has 1 heterocycles. The molecule has 0 radical (unpaired) electrons. The molecule has 0 aromatic rings. The molecule has 0 aliphatic carbocycles. The predicted molar refractivity (Wildman–Crippen MR) is 107 cm³/mol. The van der Waals surface area contributed by atoms with Crippen LogP contribution >= 0.6 is 11.6 Å². The monoisotopic (exact) mass is 480 g/mol. The summed E-state index contributed by atoms with van der Waals surface area (Å²) in [7, 11) is 0. The quantitative estimate of drug-likeness (QED) is 0.144. The van der Waals surface area contributed by atoms with Crippen molar-refractivity contribution in [3.05, 3.63) is 12.7 Å². The van der Waals surface area contributed by atoms with Crippen LogP contribution in [0.4, 0.5) is 0 Å². The highest BCUT2D eigenvalue weighted by Crippen LogP contribution is 2.20. The molecule has 4 N–H and O–H groups in total. The van der Waals surface area contributed by atoms with Gasteiger partial charge in [-0.1, -0.05) is 6.58 Å². The number of hydrogen-bond donors (Lipinski definition) is 4. The zero-order chi connectivity index (χ0) is 25.3. The lowest BCUT2D eigenvalue weighted by Gasteiger charge is -2.18. The van der Waals surface area contributed by atoms with Crippen LogP contribution in [0.5, 0.6) is 0 Å². The maximum Gasteiger partial charge on any atom is 0.316 e. The van der Waals surface area contributed by atoms with Gasteiger partial charge in [-0.05, 0) is 43.4 Å². The van der Waals surface area contributed by atoms with Crippen LogP contribution in [0.25, 0.3) is 0 Å². The zero-order valence-electron chi connectivity index (χ0n) is 17.0. The first-order valence-electron chi connectivity index (χ1n) is 9.24. The van der Waals surface area contributed by atoms with Crippen LogP contribution in [0.2, 0.25) is 0 Å². The molecule has 0 bridgehead atoms. The van der Waals surface area contributed by atoms with Gasteiger partial charge in [0.15, 0.2) is 0 Å². The minimum absolute atomic E-state index is 0.0298. The summed E-state index contributed by atoms with van der Waals surface area (Å²) in [5, 5.41) is 33.1. The Morgan fingerprint density at radius 2 is 1.41 bits per heavy atom. The molecule has 0 saturated carbocycles. The second kappa shape index (κ2) is 17.4. The number of aliphatic carboxylic acids is 4. The minimum Gasteiger partial charge on any atom is -0.481 e. The molecular formula is C19H25ClO12. The molecule has 0 amide bonds. The van der Waals surface area contributed by atoms with Gasteiger partial charge >= 0.3 is 35.8 Å². The van der Waals surface area contributed by atoms with Crippen molar-refractivity contribution in [2.45, 2.75) is 51.4 Å². The fourth-order valence-electron chi connectivity index (χ4n) is 2.20. The fourth-order valence-corrected chi connectivity index (χ4v) is 2.20. The number of carbonyl (C=O) groups excluding carboxylic acids is 3. The van der Waals surface area contributed by atoms with Crippen LogP contribution in [0.15, 0.2) is 12.7 Å². The van der Waals surface area contributed by atoms with E-state index in [0.717, 1.165) is 6.08 Å². The van der Waals surface area contributed by atoms with Crippen molar-refractivity contribution in [3.8, 4) is 0 Å². The second-order valence-electron chi connectivity index (χ2n) is 6.37. The van der Waals surface area contributed by atoms with Crippen LogP contribution < -0.4 is 0 Å². The van der Waals surface area contributed by atoms with Crippen LogP contribution in [0.1, 0.15) is 51.4 Å². The molecule has 1 atom stereocenters. The van der Waals surface area contributed by atoms with Crippen molar-refractivity contribution in [2.24, 2.45) is 11.8 Å². The number of carboxylic acids is 4. The summed E-state index contributed by atoms with van der Waals surface area (Å²) >= 11 is 4.71. The van der Waals surface area contributed by atoms with Crippen molar-refractivity contribution in [1.82, 2.24) is 0 Å². The molecule has 0 aromatic carbocycles. The van der Waals surface area contributed by atoms with E-state index in [9.17, 15) is 33.6 Å². The minimum atomic E-state index is -1.15. The third-order valence-electron chi connectivity index (χ3n) is 3.87. The maximum atomic E-state index is 11.0. The van der Waals surface area contributed by atoms with Gasteiger partial charge in [0.2, 0.25) is 5.24 Å².